The van der Waals surface area contributed by atoms with Gasteiger partial charge in [0.2, 0.25) is 0 Å². The number of hydrogen-bond acceptors (Lipinski definition) is 5. The van der Waals surface area contributed by atoms with Gasteiger partial charge in [-0.2, -0.15) is 10.2 Å². The summed E-state index contributed by atoms with van der Waals surface area (Å²) in [5, 5.41) is 9.14. The first kappa shape index (κ1) is 20.2. The second-order valence-corrected chi connectivity index (χ2v) is 7.58. The van der Waals surface area contributed by atoms with Crippen LogP contribution in [0.25, 0.3) is 5.69 Å². The van der Waals surface area contributed by atoms with Crippen LogP contribution in [-0.2, 0) is 11.8 Å². The molecule has 1 aliphatic rings. The van der Waals surface area contributed by atoms with Crippen LogP contribution in [0, 0.1) is 20.8 Å². The zero-order valence-electron chi connectivity index (χ0n) is 18.0. The van der Waals surface area contributed by atoms with E-state index in [-0.39, 0.29) is 11.9 Å². The van der Waals surface area contributed by atoms with Crippen molar-refractivity contribution in [3.8, 4) is 11.4 Å². The van der Waals surface area contributed by atoms with Gasteiger partial charge >= 0.3 is 0 Å². The molecule has 0 bridgehead atoms. The molecular formula is C22H27N5O3. The fourth-order valence-electron chi connectivity index (χ4n) is 4.03. The van der Waals surface area contributed by atoms with Crippen molar-refractivity contribution in [2.24, 2.45) is 7.05 Å². The molecule has 0 spiro atoms. The zero-order chi connectivity index (χ0) is 21.4. The maximum Gasteiger partial charge on any atom is 0.275 e. The highest BCUT2D eigenvalue weighted by Gasteiger charge is 2.34. The van der Waals surface area contributed by atoms with Crippen LogP contribution in [0.5, 0.6) is 5.75 Å². The normalized spacial score (nSPS) is 16.7. The average Bonchev–Trinajstić information content (AvgIpc) is 3.25. The predicted molar refractivity (Wildman–Crippen MR) is 112 cm³/mol. The molecule has 0 radical (unpaired) electrons. The molecule has 30 heavy (non-hydrogen) atoms. The lowest BCUT2D eigenvalue weighted by molar-refractivity contribution is -0.00338. The minimum atomic E-state index is -0.215. The first-order valence-electron chi connectivity index (χ1n) is 10.0. The molecule has 1 fully saturated rings. The Kier molecular flexibility index (Phi) is 5.34. The van der Waals surface area contributed by atoms with E-state index in [1.807, 2.05) is 67.7 Å². The third kappa shape index (κ3) is 3.47. The molecule has 8 heteroatoms. The van der Waals surface area contributed by atoms with Crippen LogP contribution in [0.3, 0.4) is 0 Å². The molecule has 4 rings (SSSR count). The Labute approximate surface area is 176 Å². The Hall–Kier alpha value is -3.13. The highest BCUT2D eigenvalue weighted by molar-refractivity contribution is 5.92. The van der Waals surface area contributed by atoms with Crippen molar-refractivity contribution in [1.82, 2.24) is 24.5 Å². The van der Waals surface area contributed by atoms with Gasteiger partial charge in [0.15, 0.2) is 5.69 Å². The van der Waals surface area contributed by atoms with Crippen LogP contribution in [0.15, 0.2) is 30.3 Å². The van der Waals surface area contributed by atoms with Crippen molar-refractivity contribution in [3.05, 3.63) is 58.7 Å². The molecule has 3 aromatic rings. The van der Waals surface area contributed by atoms with Gasteiger partial charge in [-0.1, -0.05) is 6.07 Å². The van der Waals surface area contributed by atoms with E-state index in [0.29, 0.717) is 25.5 Å². The van der Waals surface area contributed by atoms with Crippen LogP contribution in [0.4, 0.5) is 0 Å². The minimum Gasteiger partial charge on any atom is -0.497 e. The lowest BCUT2D eigenvalue weighted by Gasteiger charge is -2.35. The highest BCUT2D eigenvalue weighted by atomic mass is 16.5. The van der Waals surface area contributed by atoms with Gasteiger partial charge in [0.05, 0.1) is 37.7 Å². The highest BCUT2D eigenvalue weighted by Crippen LogP contribution is 2.32. The van der Waals surface area contributed by atoms with Crippen LogP contribution < -0.4 is 4.74 Å². The average molecular weight is 409 g/mol. The molecule has 0 N–H and O–H groups in total. The van der Waals surface area contributed by atoms with Crippen LogP contribution in [0.1, 0.15) is 39.2 Å². The van der Waals surface area contributed by atoms with Crippen molar-refractivity contribution >= 4 is 5.91 Å². The van der Waals surface area contributed by atoms with E-state index in [1.165, 1.54) is 0 Å². The molecule has 1 atom stereocenters. The molecule has 1 saturated heterocycles. The first-order valence-corrected chi connectivity index (χ1v) is 10.0. The molecule has 8 nitrogen and oxygen atoms in total. The monoisotopic (exact) mass is 409 g/mol. The maximum absolute atomic E-state index is 13.3. The number of aromatic nitrogens is 4. The summed E-state index contributed by atoms with van der Waals surface area (Å²) < 4.78 is 14.7. The van der Waals surface area contributed by atoms with E-state index in [1.54, 1.807) is 11.8 Å². The van der Waals surface area contributed by atoms with Crippen LogP contribution >= 0.6 is 0 Å². The SMILES string of the molecule is COc1cccc(-n2nc(C)c(C3COCCN3C(=O)c3cc(C)n(C)n3)c2C)c1. The van der Waals surface area contributed by atoms with E-state index >= 15 is 0 Å². The number of hydrogen-bond donors (Lipinski definition) is 0. The predicted octanol–water partition coefficient (Wildman–Crippen LogP) is 2.75. The standard InChI is InChI=1S/C22H27N5O3/c1-14-11-19(24-25(14)4)22(28)26-9-10-30-13-20(26)21-15(2)23-27(16(21)3)17-7-6-8-18(12-17)29-5/h6-8,11-12,20H,9-10,13H2,1-5H3. The molecular weight excluding hydrogens is 382 g/mol. The number of carbonyl (C=O) groups is 1. The summed E-state index contributed by atoms with van der Waals surface area (Å²) in [6.07, 6.45) is 0. The Balaban J connectivity index is 1.72. The van der Waals surface area contributed by atoms with Gasteiger partial charge in [-0.25, -0.2) is 4.68 Å². The first-order chi connectivity index (χ1) is 14.4. The smallest absolute Gasteiger partial charge is 0.275 e. The number of ether oxygens (including phenoxy) is 2. The van der Waals surface area contributed by atoms with Crippen molar-refractivity contribution in [1.29, 1.82) is 0 Å². The Morgan fingerprint density at radius 2 is 2.00 bits per heavy atom. The van der Waals surface area contributed by atoms with E-state index in [2.05, 4.69) is 5.10 Å². The quantitative estimate of drug-likeness (QED) is 0.662. The summed E-state index contributed by atoms with van der Waals surface area (Å²) in [7, 11) is 3.49. The molecule has 0 saturated carbocycles. The summed E-state index contributed by atoms with van der Waals surface area (Å²) in [6, 6.07) is 9.39. The molecule has 2 aromatic heterocycles. The van der Waals surface area contributed by atoms with Gasteiger partial charge in [0.25, 0.3) is 5.91 Å². The molecule has 1 unspecified atom stereocenters. The molecule has 3 heterocycles. The lowest BCUT2D eigenvalue weighted by Crippen LogP contribution is -2.44. The third-order valence-electron chi connectivity index (χ3n) is 5.70. The van der Waals surface area contributed by atoms with Gasteiger partial charge in [0, 0.05) is 36.6 Å². The maximum atomic E-state index is 13.3. The summed E-state index contributed by atoms with van der Waals surface area (Å²) >= 11 is 0. The zero-order valence-corrected chi connectivity index (χ0v) is 18.0. The van der Waals surface area contributed by atoms with E-state index in [4.69, 9.17) is 14.6 Å². The van der Waals surface area contributed by atoms with E-state index in [9.17, 15) is 4.79 Å². The number of morpholine rings is 1. The molecule has 1 amide bonds. The van der Waals surface area contributed by atoms with Gasteiger partial charge in [-0.05, 0) is 39.0 Å². The Bertz CT molecular complexity index is 1070. The number of rotatable bonds is 4. The van der Waals surface area contributed by atoms with Crippen molar-refractivity contribution in [3.63, 3.8) is 0 Å². The number of benzene rings is 1. The van der Waals surface area contributed by atoms with Crippen molar-refractivity contribution < 1.29 is 14.3 Å². The van der Waals surface area contributed by atoms with E-state index in [0.717, 1.165) is 34.1 Å². The van der Waals surface area contributed by atoms with E-state index < -0.39 is 0 Å². The minimum absolute atomic E-state index is 0.0834. The topological polar surface area (TPSA) is 74.4 Å². The summed E-state index contributed by atoms with van der Waals surface area (Å²) in [4.78, 5) is 15.1. The largest absolute Gasteiger partial charge is 0.497 e. The number of amides is 1. The van der Waals surface area contributed by atoms with Gasteiger partial charge < -0.3 is 14.4 Å². The number of methoxy groups -OCH3 is 1. The van der Waals surface area contributed by atoms with Crippen LogP contribution in [-0.4, -0.2) is 57.2 Å². The third-order valence-corrected chi connectivity index (χ3v) is 5.70. The summed E-state index contributed by atoms with van der Waals surface area (Å²) in [6.45, 7) is 7.40. The Morgan fingerprint density at radius 3 is 2.70 bits per heavy atom. The molecule has 158 valence electrons. The lowest BCUT2D eigenvalue weighted by atomic mass is 10.0. The fraction of sp³-hybridized carbons (Fsp3) is 0.409. The van der Waals surface area contributed by atoms with Crippen LogP contribution in [0.2, 0.25) is 0 Å². The number of aryl methyl sites for hydroxylation is 3. The molecule has 1 aromatic carbocycles. The fourth-order valence-corrected chi connectivity index (χ4v) is 4.03. The summed E-state index contributed by atoms with van der Waals surface area (Å²) in [5.41, 5.74) is 5.18. The number of nitrogens with zero attached hydrogens (tertiary/aromatic N) is 5. The second kappa shape index (κ2) is 7.95. The van der Waals surface area contributed by atoms with Gasteiger partial charge in [-0.15, -0.1) is 0 Å². The van der Waals surface area contributed by atoms with Gasteiger partial charge in [-0.3, -0.25) is 9.48 Å². The molecule has 1 aliphatic heterocycles. The van der Waals surface area contributed by atoms with Gasteiger partial charge in [0.1, 0.15) is 5.75 Å². The second-order valence-electron chi connectivity index (χ2n) is 7.58. The Morgan fingerprint density at radius 1 is 1.20 bits per heavy atom. The van der Waals surface area contributed by atoms with Crippen molar-refractivity contribution in [2.45, 2.75) is 26.8 Å². The molecule has 0 aliphatic carbocycles. The van der Waals surface area contributed by atoms with Crippen molar-refractivity contribution in [2.75, 3.05) is 26.9 Å². The summed E-state index contributed by atoms with van der Waals surface area (Å²) in [5.74, 6) is 0.685. The number of carbonyl (C=O) groups excluding carboxylic acids is 1.